The van der Waals surface area contributed by atoms with Crippen molar-refractivity contribution < 1.29 is 9.18 Å². The zero-order chi connectivity index (χ0) is 32.3. The van der Waals surface area contributed by atoms with Gasteiger partial charge in [-0.05, 0) is 75.8 Å². The van der Waals surface area contributed by atoms with Crippen LogP contribution in [-0.2, 0) is 4.79 Å². The van der Waals surface area contributed by atoms with Gasteiger partial charge in [-0.15, -0.1) is 0 Å². The zero-order valence-corrected chi connectivity index (χ0v) is 26.3. The van der Waals surface area contributed by atoms with Crippen LogP contribution in [0.2, 0.25) is 0 Å². The van der Waals surface area contributed by atoms with Crippen LogP contribution in [0.4, 0.5) is 4.39 Å². The van der Waals surface area contributed by atoms with Gasteiger partial charge in [0.25, 0.3) is 0 Å². The number of amides is 1. The lowest BCUT2D eigenvalue weighted by Gasteiger charge is -2.43. The second-order valence-electron chi connectivity index (χ2n) is 12.4. The van der Waals surface area contributed by atoms with E-state index in [1.54, 1.807) is 23.4 Å². The quantitative estimate of drug-likeness (QED) is 0.208. The maximum Gasteiger partial charge on any atom is 0.322 e. The summed E-state index contributed by atoms with van der Waals surface area (Å²) in [6.45, 7) is 15.1. The van der Waals surface area contributed by atoms with Crippen LogP contribution in [0.5, 0.6) is 0 Å². The third-order valence-corrected chi connectivity index (χ3v) is 8.98. The van der Waals surface area contributed by atoms with Gasteiger partial charge < -0.3 is 4.90 Å². The molecule has 11 heteroatoms. The van der Waals surface area contributed by atoms with Crippen LogP contribution in [0.3, 0.4) is 0 Å². The molecule has 0 spiro atoms. The number of piperidine rings is 1. The molecule has 0 saturated carbocycles. The molecule has 1 fully saturated rings. The van der Waals surface area contributed by atoms with Crippen LogP contribution >= 0.6 is 0 Å². The largest absolute Gasteiger partial charge is 0.334 e. The van der Waals surface area contributed by atoms with Crippen LogP contribution in [0.15, 0.2) is 58.9 Å². The van der Waals surface area contributed by atoms with Gasteiger partial charge in [0, 0.05) is 41.3 Å². The number of aryl methyl sites for hydroxylation is 2. The first-order valence-electron chi connectivity index (χ1n) is 15.2. The van der Waals surface area contributed by atoms with Gasteiger partial charge in [-0.3, -0.25) is 33.6 Å². The van der Waals surface area contributed by atoms with Gasteiger partial charge in [-0.1, -0.05) is 26.5 Å². The van der Waals surface area contributed by atoms with Crippen molar-refractivity contribution in [3.63, 3.8) is 0 Å². The van der Waals surface area contributed by atoms with E-state index in [2.05, 4.69) is 21.8 Å². The number of nitrogens with one attached hydrogen (secondary N) is 1. The predicted octanol–water partition coefficient (Wildman–Crippen LogP) is 5.49. The van der Waals surface area contributed by atoms with E-state index >= 15 is 4.39 Å². The summed E-state index contributed by atoms with van der Waals surface area (Å²) in [5.74, 6) is -0.917. The van der Waals surface area contributed by atoms with Crippen molar-refractivity contribution in [2.45, 2.75) is 78.4 Å². The van der Waals surface area contributed by atoms with Crippen molar-refractivity contribution in [3.8, 4) is 16.9 Å². The molecule has 1 N–H and O–H groups in total. The highest BCUT2D eigenvalue weighted by Gasteiger charge is 2.36. The van der Waals surface area contributed by atoms with Crippen LogP contribution in [0.1, 0.15) is 69.3 Å². The minimum atomic E-state index is -0.797. The summed E-state index contributed by atoms with van der Waals surface area (Å²) in [5.41, 5.74) is 2.67. The average molecular weight is 610 g/mol. The van der Waals surface area contributed by atoms with E-state index in [0.717, 1.165) is 11.1 Å². The summed E-state index contributed by atoms with van der Waals surface area (Å²) < 4.78 is 19.1. The summed E-state index contributed by atoms with van der Waals surface area (Å²) in [6.07, 6.45) is 5.36. The van der Waals surface area contributed by atoms with Crippen LogP contribution < -0.4 is 11.1 Å². The van der Waals surface area contributed by atoms with Crippen molar-refractivity contribution in [1.29, 1.82) is 0 Å². The number of nitrogens with zero attached hydrogens (tertiary/aromatic N) is 6. The second-order valence-corrected chi connectivity index (χ2v) is 12.4. The second kappa shape index (κ2) is 11.2. The molecule has 6 rings (SSSR count). The first-order chi connectivity index (χ1) is 21.4. The Morgan fingerprint density at radius 3 is 2.47 bits per heavy atom. The predicted molar refractivity (Wildman–Crippen MR) is 172 cm³/mol. The molecule has 4 aromatic heterocycles. The first-order valence-corrected chi connectivity index (χ1v) is 15.2. The number of halogens is 1. The van der Waals surface area contributed by atoms with E-state index in [9.17, 15) is 14.4 Å². The molecule has 1 aliphatic rings. The van der Waals surface area contributed by atoms with Crippen LogP contribution in [0, 0.1) is 19.7 Å². The monoisotopic (exact) mass is 609 g/mol. The molecule has 232 valence electrons. The Balaban J connectivity index is 1.71. The number of rotatable bonds is 5. The third-order valence-electron chi connectivity index (χ3n) is 8.98. The van der Waals surface area contributed by atoms with Crippen molar-refractivity contribution in [2.75, 3.05) is 0 Å². The molecule has 0 aliphatic carbocycles. The maximum atomic E-state index is 16.4. The molecule has 2 atom stereocenters. The number of aromatic amines is 1. The number of carbonyl (C=O) groups excluding carboxylic acids is 1. The molecular weight excluding hydrogens is 573 g/mol. The molecule has 5 aromatic rings. The molecular formula is C34H36FN7O3. The van der Waals surface area contributed by atoms with E-state index < -0.39 is 23.0 Å². The molecule has 0 bridgehead atoms. The van der Waals surface area contributed by atoms with Crippen molar-refractivity contribution >= 4 is 28.0 Å². The van der Waals surface area contributed by atoms with Crippen molar-refractivity contribution in [1.82, 2.24) is 34.2 Å². The molecule has 0 unspecified atom stereocenters. The Bertz CT molecular complexity index is 2110. The summed E-state index contributed by atoms with van der Waals surface area (Å²) in [5, 5.41) is 7.76. The summed E-state index contributed by atoms with van der Waals surface area (Å²) in [7, 11) is 0. The normalized spacial score (nSPS) is 18.7. The maximum absolute atomic E-state index is 16.4. The lowest BCUT2D eigenvalue weighted by atomic mass is 9.92. The summed E-state index contributed by atoms with van der Waals surface area (Å²) in [4.78, 5) is 52.3. The number of aromatic nitrogens is 6. The van der Waals surface area contributed by atoms with Gasteiger partial charge in [0.1, 0.15) is 5.69 Å². The van der Waals surface area contributed by atoms with E-state index in [1.807, 2.05) is 53.7 Å². The minimum Gasteiger partial charge on any atom is -0.334 e. The highest BCUT2D eigenvalue weighted by Crippen LogP contribution is 2.36. The standard InChI is InChI=1S/C34H36FN7O3/c1-8-27(43)40-20(6)13-22(14-21(40)7)41-26-15-24(35)30(28-18(4)9-10-25-23(28)16-37-39-25)38-32(26)42(34(45)33(41)44)31-19(5)11-12-36-29(31)17(2)3/h8-12,15-17,20-22H,1,13-14H2,2-7H3,(H,37,39)/t20-,21-/m0/s1. The number of pyridine rings is 2. The van der Waals surface area contributed by atoms with Crippen molar-refractivity contribution in [2.24, 2.45) is 0 Å². The van der Waals surface area contributed by atoms with Crippen molar-refractivity contribution in [3.05, 3.63) is 92.7 Å². The number of fused-ring (bicyclic) bond motifs is 2. The topological polar surface area (TPSA) is 119 Å². The van der Waals surface area contributed by atoms with Gasteiger partial charge in [0.15, 0.2) is 11.5 Å². The minimum absolute atomic E-state index is 0.0473. The Labute approximate surface area is 259 Å². The molecule has 0 radical (unpaired) electrons. The number of benzene rings is 1. The average Bonchev–Trinajstić information content (AvgIpc) is 3.47. The lowest BCUT2D eigenvalue weighted by molar-refractivity contribution is -0.132. The van der Waals surface area contributed by atoms with E-state index in [1.165, 1.54) is 21.3 Å². The molecule has 45 heavy (non-hydrogen) atoms. The van der Waals surface area contributed by atoms with E-state index in [0.29, 0.717) is 40.7 Å². The fourth-order valence-corrected chi connectivity index (χ4v) is 6.98. The van der Waals surface area contributed by atoms with Gasteiger partial charge in [-0.25, -0.2) is 9.37 Å². The molecule has 1 saturated heterocycles. The van der Waals surface area contributed by atoms with Gasteiger partial charge in [0.2, 0.25) is 5.91 Å². The Morgan fingerprint density at radius 2 is 1.80 bits per heavy atom. The third kappa shape index (κ3) is 4.77. The Morgan fingerprint density at radius 1 is 1.09 bits per heavy atom. The number of hydrogen-bond acceptors (Lipinski definition) is 6. The highest BCUT2D eigenvalue weighted by atomic mass is 19.1. The fourth-order valence-electron chi connectivity index (χ4n) is 6.98. The summed E-state index contributed by atoms with van der Waals surface area (Å²) in [6, 6.07) is 5.84. The Hall–Kier alpha value is -4.93. The molecule has 1 aromatic carbocycles. The highest BCUT2D eigenvalue weighted by molar-refractivity contribution is 5.96. The first kappa shape index (κ1) is 30.1. The fraction of sp³-hybridized carbons (Fsp3) is 0.353. The van der Waals surface area contributed by atoms with Gasteiger partial charge >= 0.3 is 11.1 Å². The zero-order valence-electron chi connectivity index (χ0n) is 26.3. The van der Waals surface area contributed by atoms with Gasteiger partial charge in [-0.2, -0.15) is 5.10 Å². The SMILES string of the molecule is C=CC(=O)N1[C@@H](C)CC(n2c(=O)c(=O)n(-c3c(C)ccnc3C(C)C)c3nc(-c4c(C)ccc5[nH]ncc45)c(F)cc32)C[C@@H]1C. The van der Waals surface area contributed by atoms with E-state index in [4.69, 9.17) is 4.98 Å². The molecule has 10 nitrogen and oxygen atoms in total. The number of H-pyrrole nitrogens is 1. The van der Waals surface area contributed by atoms with E-state index in [-0.39, 0.29) is 40.8 Å². The molecule has 1 aliphatic heterocycles. The van der Waals surface area contributed by atoms with Crippen LogP contribution in [0.25, 0.3) is 39.0 Å². The smallest absolute Gasteiger partial charge is 0.322 e. The number of hydrogen-bond donors (Lipinski definition) is 1. The molecule has 5 heterocycles. The number of likely N-dealkylation sites (tertiary alicyclic amines) is 1. The Kier molecular flexibility index (Phi) is 7.50. The van der Waals surface area contributed by atoms with Gasteiger partial charge in [0.05, 0.1) is 28.6 Å². The lowest BCUT2D eigenvalue weighted by Crippen LogP contribution is -2.52. The molecule has 1 amide bonds. The summed E-state index contributed by atoms with van der Waals surface area (Å²) >= 11 is 0. The van der Waals surface area contributed by atoms with Crippen LogP contribution in [-0.4, -0.2) is 52.2 Å². The number of carbonyl (C=O) groups is 1.